The number of rotatable bonds is 0. The molecule has 2 heteroatoms. The lowest BCUT2D eigenvalue weighted by atomic mass is 10.2. The highest BCUT2D eigenvalue weighted by molar-refractivity contribution is 7.16. The van der Waals surface area contributed by atoms with Crippen molar-refractivity contribution in [3.63, 3.8) is 0 Å². The topological polar surface area (TPSA) is 12.9 Å². The van der Waals surface area contributed by atoms with E-state index in [0.29, 0.717) is 0 Å². The first-order chi connectivity index (χ1) is 5.27. The van der Waals surface area contributed by atoms with Crippen LogP contribution in [0.3, 0.4) is 0 Å². The molecule has 2 aromatic heterocycles. The van der Waals surface area contributed by atoms with E-state index < -0.39 is 0 Å². The van der Waals surface area contributed by atoms with Crippen molar-refractivity contribution in [1.29, 1.82) is 0 Å². The maximum Gasteiger partial charge on any atom is 0.0462 e. The molecule has 0 aliphatic carbocycles. The largest absolute Gasteiger partial charge is 0.258 e. The molecular weight excluding hydrogens is 154 g/mol. The highest BCUT2D eigenvalue weighted by Crippen LogP contribution is 2.22. The Bertz CT molecular complexity index is 389. The zero-order chi connectivity index (χ0) is 7.84. The summed E-state index contributed by atoms with van der Waals surface area (Å²) in [5.41, 5.74) is 2.20. The first-order valence-corrected chi connectivity index (χ1v) is 4.33. The Morgan fingerprint density at radius 3 is 3.09 bits per heavy atom. The van der Waals surface area contributed by atoms with Crippen LogP contribution in [0.1, 0.15) is 11.4 Å². The van der Waals surface area contributed by atoms with E-state index in [-0.39, 0.29) is 0 Å². The summed E-state index contributed by atoms with van der Waals surface area (Å²) in [5, 5.41) is 4.34. The van der Waals surface area contributed by atoms with Crippen LogP contribution in [-0.4, -0.2) is 4.98 Å². The molecule has 2 rings (SSSR count). The van der Waals surface area contributed by atoms with Crippen LogP contribution in [0.5, 0.6) is 0 Å². The molecule has 0 N–H and O–H groups in total. The minimum Gasteiger partial charge on any atom is -0.258 e. The summed E-state index contributed by atoms with van der Waals surface area (Å²) in [4.78, 5) is 4.36. The van der Waals surface area contributed by atoms with Gasteiger partial charge in [-0.25, -0.2) is 0 Å². The number of aromatic nitrogens is 1. The van der Waals surface area contributed by atoms with Gasteiger partial charge in [0.05, 0.1) is 0 Å². The molecule has 0 fully saturated rings. The Morgan fingerprint density at radius 2 is 2.27 bits per heavy atom. The van der Waals surface area contributed by atoms with Gasteiger partial charge in [-0.1, -0.05) is 0 Å². The minimum atomic E-state index is 1.09. The zero-order valence-corrected chi connectivity index (χ0v) is 7.33. The summed E-state index contributed by atoms with van der Waals surface area (Å²) in [6, 6.07) is 4.10. The predicted molar refractivity (Wildman–Crippen MR) is 47.9 cm³/mol. The van der Waals surface area contributed by atoms with E-state index >= 15 is 0 Å². The van der Waals surface area contributed by atoms with Gasteiger partial charge in [-0.05, 0) is 26.0 Å². The second-order valence-electron chi connectivity index (χ2n) is 2.63. The lowest BCUT2D eigenvalue weighted by Gasteiger charge is -1.96. The molecule has 0 amide bonds. The van der Waals surface area contributed by atoms with Crippen LogP contribution >= 0.6 is 11.3 Å². The van der Waals surface area contributed by atoms with Gasteiger partial charge in [-0.3, -0.25) is 4.98 Å². The van der Waals surface area contributed by atoms with E-state index in [0.717, 1.165) is 11.4 Å². The van der Waals surface area contributed by atoms with Gasteiger partial charge in [0.2, 0.25) is 0 Å². The minimum absolute atomic E-state index is 1.09. The first-order valence-electron chi connectivity index (χ1n) is 3.51. The van der Waals surface area contributed by atoms with Crippen molar-refractivity contribution in [3.8, 4) is 0 Å². The molecule has 0 unspecified atom stereocenters. The van der Waals surface area contributed by atoms with Gasteiger partial charge in [0.15, 0.2) is 0 Å². The predicted octanol–water partition coefficient (Wildman–Crippen LogP) is 2.71. The molecule has 0 aromatic carbocycles. The lowest BCUT2D eigenvalue weighted by Crippen LogP contribution is -1.84. The van der Waals surface area contributed by atoms with Crippen molar-refractivity contribution in [2.75, 3.05) is 0 Å². The molecular formula is C9H8NS. The molecule has 55 valence electrons. The van der Waals surface area contributed by atoms with Crippen LogP contribution in [0, 0.1) is 19.2 Å². The monoisotopic (exact) mass is 162 g/mol. The zero-order valence-electron chi connectivity index (χ0n) is 6.51. The number of nitrogens with zero attached hydrogens (tertiary/aromatic N) is 1. The molecule has 0 aliphatic rings. The lowest BCUT2D eigenvalue weighted by molar-refractivity contribution is 1.15. The third-order valence-electron chi connectivity index (χ3n) is 1.71. The summed E-state index contributed by atoms with van der Waals surface area (Å²) in [5.74, 6) is 0. The Hall–Kier alpha value is -0.890. The van der Waals surface area contributed by atoms with Gasteiger partial charge in [-0.2, -0.15) is 0 Å². The van der Waals surface area contributed by atoms with Crippen molar-refractivity contribution in [2.24, 2.45) is 0 Å². The number of thiophene rings is 1. The number of hydrogen-bond donors (Lipinski definition) is 0. The molecule has 2 heterocycles. The summed E-state index contributed by atoms with van der Waals surface area (Å²) in [6.45, 7) is 4.06. The number of pyridine rings is 1. The molecule has 0 bridgehead atoms. The van der Waals surface area contributed by atoms with Gasteiger partial charge >= 0.3 is 0 Å². The van der Waals surface area contributed by atoms with Gasteiger partial charge < -0.3 is 0 Å². The second kappa shape index (κ2) is 2.31. The van der Waals surface area contributed by atoms with Crippen molar-refractivity contribution in [1.82, 2.24) is 4.98 Å². The van der Waals surface area contributed by atoms with Gasteiger partial charge in [0, 0.05) is 26.9 Å². The average molecular weight is 162 g/mol. The van der Waals surface area contributed by atoms with Crippen molar-refractivity contribution in [2.45, 2.75) is 13.8 Å². The number of hydrogen-bond acceptors (Lipinski definition) is 2. The molecule has 0 saturated heterocycles. The van der Waals surface area contributed by atoms with Crippen molar-refractivity contribution >= 4 is 21.4 Å². The summed E-state index contributed by atoms with van der Waals surface area (Å²) >= 11 is 1.65. The van der Waals surface area contributed by atoms with Gasteiger partial charge in [0.25, 0.3) is 0 Å². The van der Waals surface area contributed by atoms with Crippen molar-refractivity contribution < 1.29 is 0 Å². The highest BCUT2D eigenvalue weighted by atomic mass is 32.1. The third kappa shape index (κ3) is 1.03. The first kappa shape index (κ1) is 6.80. The Labute approximate surface area is 69.7 Å². The fourth-order valence-electron chi connectivity index (χ4n) is 1.21. The van der Waals surface area contributed by atoms with E-state index in [1.807, 2.05) is 19.9 Å². The van der Waals surface area contributed by atoms with Crippen molar-refractivity contribution in [3.05, 3.63) is 28.9 Å². The molecule has 0 atom stereocenters. The number of fused-ring (bicyclic) bond motifs is 1. The Kier molecular flexibility index (Phi) is 1.43. The summed E-state index contributed by atoms with van der Waals surface area (Å²) in [7, 11) is 0. The van der Waals surface area contributed by atoms with Crippen LogP contribution in [0.4, 0.5) is 0 Å². The molecule has 11 heavy (non-hydrogen) atoms. The Balaban J connectivity index is 2.91. The van der Waals surface area contributed by atoms with Crippen LogP contribution in [-0.2, 0) is 0 Å². The number of aryl methyl sites for hydroxylation is 2. The molecule has 1 nitrogen and oxygen atoms in total. The Morgan fingerprint density at radius 1 is 1.45 bits per heavy atom. The molecule has 2 aromatic rings. The van der Waals surface area contributed by atoms with Gasteiger partial charge in [0.1, 0.15) is 0 Å². The fraction of sp³-hybridized carbons (Fsp3) is 0.222. The summed E-state index contributed by atoms with van der Waals surface area (Å²) < 4.78 is 1.29. The molecule has 0 spiro atoms. The highest BCUT2D eigenvalue weighted by Gasteiger charge is 1.99. The van der Waals surface area contributed by atoms with E-state index in [4.69, 9.17) is 0 Å². The second-order valence-corrected chi connectivity index (χ2v) is 3.50. The van der Waals surface area contributed by atoms with Crippen LogP contribution < -0.4 is 0 Å². The van der Waals surface area contributed by atoms with E-state index in [9.17, 15) is 0 Å². The maximum absolute atomic E-state index is 4.36. The molecule has 1 radical (unpaired) electrons. The quantitative estimate of drug-likeness (QED) is 0.580. The van der Waals surface area contributed by atoms with E-state index in [2.05, 4.69) is 16.4 Å². The standard InChI is InChI=1S/C9H8NS/c1-6-5-9-8(3-4-11-9)7(2)10-6/h3,5H,1-2H3. The van der Waals surface area contributed by atoms with Gasteiger partial charge in [-0.15, -0.1) is 11.3 Å². The molecule has 0 aliphatic heterocycles. The normalized spacial score (nSPS) is 10.7. The van der Waals surface area contributed by atoms with E-state index in [1.165, 1.54) is 10.1 Å². The van der Waals surface area contributed by atoms with Crippen LogP contribution in [0.15, 0.2) is 12.1 Å². The van der Waals surface area contributed by atoms with Crippen LogP contribution in [0.2, 0.25) is 0 Å². The fourth-order valence-corrected chi connectivity index (χ4v) is 2.06. The average Bonchev–Trinajstić information content (AvgIpc) is 2.34. The smallest absolute Gasteiger partial charge is 0.0462 e. The maximum atomic E-state index is 4.36. The molecule has 0 saturated carbocycles. The summed E-state index contributed by atoms with van der Waals surface area (Å²) in [6.07, 6.45) is 0. The van der Waals surface area contributed by atoms with Crippen LogP contribution in [0.25, 0.3) is 10.1 Å². The van der Waals surface area contributed by atoms with E-state index in [1.54, 1.807) is 11.3 Å². The third-order valence-corrected chi connectivity index (χ3v) is 2.50. The SMILES string of the molecule is Cc1cc2s[c]cc2c(C)n1.